The van der Waals surface area contributed by atoms with Crippen molar-refractivity contribution in [3.05, 3.63) is 44.5 Å². The molecule has 0 saturated heterocycles. The summed E-state index contributed by atoms with van der Waals surface area (Å²) in [5, 5.41) is 1.01. The first-order valence-corrected chi connectivity index (χ1v) is 8.86. The molecule has 0 aromatic carbocycles. The third kappa shape index (κ3) is 2.80. The Bertz CT molecular complexity index is 771. The molecule has 2 aromatic rings. The second-order valence-electron chi connectivity index (χ2n) is 6.19. The maximum absolute atomic E-state index is 13.0. The Kier molecular flexibility index (Phi) is 4.28. The molecule has 1 aliphatic carbocycles. The Morgan fingerprint density at radius 3 is 2.59 bits per heavy atom. The van der Waals surface area contributed by atoms with E-state index in [0.717, 1.165) is 38.5 Å². The van der Waals surface area contributed by atoms with Crippen LogP contribution in [0.25, 0.3) is 10.2 Å². The number of ketones is 1. The molecule has 0 bridgehead atoms. The van der Waals surface area contributed by atoms with E-state index in [0.29, 0.717) is 5.69 Å². The van der Waals surface area contributed by atoms with Crippen molar-refractivity contribution in [3.8, 4) is 0 Å². The normalized spacial score (nSPS) is 15.5. The highest BCUT2D eigenvalue weighted by atomic mass is 35.5. The van der Waals surface area contributed by atoms with Crippen LogP contribution in [0.15, 0.2) is 34.4 Å². The van der Waals surface area contributed by atoms with E-state index in [1.165, 1.54) is 35.3 Å². The van der Waals surface area contributed by atoms with Crippen molar-refractivity contribution in [2.24, 2.45) is 0 Å². The number of aromatic nitrogens is 1. The van der Waals surface area contributed by atoms with Crippen molar-refractivity contribution >= 4 is 38.9 Å². The number of thiophene rings is 1. The lowest BCUT2D eigenvalue weighted by Crippen LogP contribution is -2.12. The van der Waals surface area contributed by atoms with E-state index in [1.807, 2.05) is 26.0 Å². The maximum atomic E-state index is 13.0. The average molecular weight is 334 g/mol. The highest BCUT2D eigenvalue weighted by Gasteiger charge is 2.23. The van der Waals surface area contributed by atoms with E-state index >= 15 is 0 Å². The van der Waals surface area contributed by atoms with Gasteiger partial charge in [-0.05, 0) is 64.2 Å². The van der Waals surface area contributed by atoms with Gasteiger partial charge in [-0.1, -0.05) is 22.7 Å². The van der Waals surface area contributed by atoms with Crippen LogP contribution in [-0.2, 0) is 0 Å². The fraction of sp³-hybridized carbons (Fsp3) is 0.389. The number of aromatic amines is 1. The first kappa shape index (κ1) is 15.6. The summed E-state index contributed by atoms with van der Waals surface area (Å²) >= 11 is 7.48. The predicted molar refractivity (Wildman–Crippen MR) is 95.1 cm³/mol. The predicted octanol–water partition coefficient (Wildman–Crippen LogP) is 6.29. The van der Waals surface area contributed by atoms with E-state index in [-0.39, 0.29) is 5.78 Å². The molecule has 0 atom stereocenters. The number of H-pyrrole nitrogens is 1. The van der Waals surface area contributed by atoms with Crippen molar-refractivity contribution in [1.29, 1.82) is 0 Å². The smallest absolute Gasteiger partial charge is 0.209 e. The molecule has 1 N–H and O–H groups in total. The van der Waals surface area contributed by atoms with Gasteiger partial charge in [0.2, 0.25) is 5.78 Å². The minimum atomic E-state index is 0.107. The summed E-state index contributed by atoms with van der Waals surface area (Å²) in [5.74, 6) is 0.107. The van der Waals surface area contributed by atoms with Crippen LogP contribution in [0, 0.1) is 0 Å². The number of hydrogen-bond donors (Lipinski definition) is 1. The first-order valence-electron chi connectivity index (χ1n) is 7.66. The molecule has 0 saturated carbocycles. The fourth-order valence-corrected chi connectivity index (χ4v) is 4.34. The van der Waals surface area contributed by atoms with E-state index in [9.17, 15) is 4.79 Å². The highest BCUT2D eigenvalue weighted by molar-refractivity contribution is 7.22. The van der Waals surface area contributed by atoms with Crippen molar-refractivity contribution < 1.29 is 4.79 Å². The van der Waals surface area contributed by atoms with Crippen LogP contribution < -0.4 is 0 Å². The number of rotatable bonds is 3. The summed E-state index contributed by atoms with van der Waals surface area (Å²) < 4.78 is 0.744. The molecule has 2 aromatic heterocycles. The Morgan fingerprint density at radius 2 is 1.95 bits per heavy atom. The molecule has 0 amide bonds. The van der Waals surface area contributed by atoms with E-state index in [1.54, 1.807) is 0 Å². The Balaban J connectivity index is 2.03. The summed E-state index contributed by atoms with van der Waals surface area (Å²) in [6, 6.07) is 3.82. The number of nitrogens with one attached hydrogen (secondary N) is 1. The minimum Gasteiger partial charge on any atom is -0.343 e. The SMILES string of the molecule is CC(C)=C(C(=O)c1cc2cc(Cl)sc2[nH]1)C1=C(C)CCCC1. The third-order valence-corrected chi connectivity index (χ3v) is 5.49. The summed E-state index contributed by atoms with van der Waals surface area (Å²) in [7, 11) is 0. The average Bonchev–Trinajstić information content (AvgIpc) is 2.98. The van der Waals surface area contributed by atoms with Crippen LogP contribution in [-0.4, -0.2) is 10.8 Å². The number of fused-ring (bicyclic) bond motifs is 1. The van der Waals surface area contributed by atoms with Crippen LogP contribution in [0.2, 0.25) is 4.34 Å². The van der Waals surface area contributed by atoms with Gasteiger partial charge in [-0.15, -0.1) is 11.3 Å². The molecule has 2 heterocycles. The first-order chi connectivity index (χ1) is 10.5. The molecule has 0 spiro atoms. The Labute approximate surface area is 139 Å². The van der Waals surface area contributed by atoms with Gasteiger partial charge < -0.3 is 4.98 Å². The topological polar surface area (TPSA) is 32.9 Å². The molecule has 22 heavy (non-hydrogen) atoms. The van der Waals surface area contributed by atoms with Crippen LogP contribution >= 0.6 is 22.9 Å². The van der Waals surface area contributed by atoms with Gasteiger partial charge in [-0.2, -0.15) is 0 Å². The van der Waals surface area contributed by atoms with Gasteiger partial charge in [0.15, 0.2) is 0 Å². The molecular formula is C18H20ClNOS. The van der Waals surface area contributed by atoms with Crippen molar-refractivity contribution in [2.45, 2.75) is 46.5 Å². The lowest BCUT2D eigenvalue weighted by atomic mass is 9.84. The molecule has 0 unspecified atom stereocenters. The zero-order valence-corrected chi connectivity index (χ0v) is 14.8. The van der Waals surface area contributed by atoms with E-state index < -0.39 is 0 Å². The monoisotopic (exact) mass is 333 g/mol. The van der Waals surface area contributed by atoms with Crippen LogP contribution in [0.4, 0.5) is 0 Å². The van der Waals surface area contributed by atoms with Crippen molar-refractivity contribution in [1.82, 2.24) is 4.98 Å². The Hall–Kier alpha value is -1.32. The molecule has 2 nitrogen and oxygen atoms in total. The molecule has 116 valence electrons. The largest absolute Gasteiger partial charge is 0.343 e. The van der Waals surface area contributed by atoms with Crippen LogP contribution in [0.3, 0.4) is 0 Å². The number of carbonyl (C=O) groups is 1. The summed E-state index contributed by atoms with van der Waals surface area (Å²) in [5.41, 5.74) is 5.29. The quantitative estimate of drug-likeness (QED) is 0.519. The van der Waals surface area contributed by atoms with Crippen LogP contribution in [0.5, 0.6) is 0 Å². The summed E-state index contributed by atoms with van der Waals surface area (Å²) in [4.78, 5) is 17.2. The molecule has 3 rings (SSSR count). The van der Waals surface area contributed by atoms with E-state index in [4.69, 9.17) is 11.6 Å². The van der Waals surface area contributed by atoms with Gasteiger partial charge in [-0.25, -0.2) is 0 Å². The van der Waals surface area contributed by atoms with Crippen molar-refractivity contribution in [2.75, 3.05) is 0 Å². The van der Waals surface area contributed by atoms with Crippen molar-refractivity contribution in [3.63, 3.8) is 0 Å². The highest BCUT2D eigenvalue weighted by Crippen LogP contribution is 2.35. The Morgan fingerprint density at radius 1 is 1.23 bits per heavy atom. The molecule has 0 radical (unpaired) electrons. The lowest BCUT2D eigenvalue weighted by Gasteiger charge is -2.21. The van der Waals surface area contributed by atoms with Gasteiger partial charge >= 0.3 is 0 Å². The van der Waals surface area contributed by atoms with Gasteiger partial charge in [0, 0.05) is 11.0 Å². The maximum Gasteiger partial charge on any atom is 0.209 e. The summed E-state index contributed by atoms with van der Waals surface area (Å²) in [6.45, 7) is 6.23. The minimum absolute atomic E-state index is 0.107. The fourth-order valence-electron chi connectivity index (χ4n) is 3.21. The lowest BCUT2D eigenvalue weighted by molar-refractivity contribution is 0.103. The van der Waals surface area contributed by atoms with E-state index in [2.05, 4.69) is 11.9 Å². The number of carbonyl (C=O) groups excluding carboxylic acids is 1. The molecule has 4 heteroatoms. The number of halogens is 1. The second-order valence-corrected chi connectivity index (χ2v) is 7.87. The van der Waals surface area contributed by atoms with Crippen LogP contribution in [0.1, 0.15) is 56.9 Å². The number of allylic oxidation sites excluding steroid dienone is 4. The summed E-state index contributed by atoms with van der Waals surface area (Å²) in [6.07, 6.45) is 4.52. The van der Waals surface area contributed by atoms with Gasteiger partial charge in [0.05, 0.1) is 10.0 Å². The molecule has 0 fully saturated rings. The number of hydrogen-bond acceptors (Lipinski definition) is 2. The molecular weight excluding hydrogens is 314 g/mol. The zero-order chi connectivity index (χ0) is 15.9. The third-order valence-electron chi connectivity index (χ3n) is 4.30. The standard InChI is InChI=1S/C18H20ClNOS/c1-10(2)16(13-7-5-4-6-11(13)3)17(21)14-8-12-9-15(19)22-18(12)20-14/h8-9,20H,4-7H2,1-3H3. The second kappa shape index (κ2) is 6.05. The molecule has 1 aliphatic rings. The van der Waals surface area contributed by atoms with Gasteiger partial charge in [-0.3, -0.25) is 4.79 Å². The zero-order valence-electron chi connectivity index (χ0n) is 13.2. The number of Topliss-reactive ketones (excluding diaryl/α,β-unsaturated/α-hetero) is 1. The van der Waals surface area contributed by atoms with Gasteiger partial charge in [0.25, 0.3) is 0 Å². The molecule has 0 aliphatic heterocycles. The van der Waals surface area contributed by atoms with Gasteiger partial charge in [0.1, 0.15) is 4.83 Å².